The van der Waals surface area contributed by atoms with Gasteiger partial charge in [-0.3, -0.25) is 0 Å². The number of rotatable bonds is 7. The fraction of sp³-hybridized carbons (Fsp3) is 0.750. The average Bonchev–Trinajstić information content (AvgIpc) is 2.39. The molecule has 1 atom stereocenters. The number of anilines is 2. The zero-order chi connectivity index (χ0) is 16.0. The number of nitrogens with one attached hydrogen (secondary N) is 1. The zero-order valence-electron chi connectivity index (χ0n) is 12.5. The van der Waals surface area contributed by atoms with Crippen LogP contribution in [0, 0.1) is 0 Å². The number of hydrogen-bond donors (Lipinski definition) is 1. The second-order valence-electron chi connectivity index (χ2n) is 4.25. The molecule has 0 saturated heterocycles. The van der Waals surface area contributed by atoms with Crippen molar-refractivity contribution in [3.8, 4) is 6.01 Å². The first-order chi connectivity index (χ1) is 9.81. The van der Waals surface area contributed by atoms with E-state index >= 15 is 0 Å². The molecule has 0 radical (unpaired) electrons. The van der Waals surface area contributed by atoms with Crippen molar-refractivity contribution in [3.05, 3.63) is 0 Å². The van der Waals surface area contributed by atoms with Gasteiger partial charge in [-0.25, -0.2) is 0 Å². The summed E-state index contributed by atoms with van der Waals surface area (Å²) >= 11 is 0. The van der Waals surface area contributed by atoms with Crippen LogP contribution in [0.2, 0.25) is 0 Å². The highest BCUT2D eigenvalue weighted by atomic mass is 19.4. The Labute approximate surface area is 121 Å². The second-order valence-corrected chi connectivity index (χ2v) is 4.25. The molecule has 1 heterocycles. The van der Waals surface area contributed by atoms with Gasteiger partial charge in [-0.1, -0.05) is 0 Å². The first-order valence-corrected chi connectivity index (χ1v) is 6.80. The lowest BCUT2D eigenvalue weighted by Gasteiger charge is -2.21. The summed E-state index contributed by atoms with van der Waals surface area (Å²) in [4.78, 5) is 13.8. The number of nitrogens with zero attached hydrogens (tertiary/aromatic N) is 4. The molecule has 21 heavy (non-hydrogen) atoms. The van der Waals surface area contributed by atoms with Gasteiger partial charge < -0.3 is 15.0 Å². The third kappa shape index (κ3) is 4.91. The maximum atomic E-state index is 12.6. The summed E-state index contributed by atoms with van der Waals surface area (Å²) in [5, 5.41) is 2.85. The lowest BCUT2D eigenvalue weighted by atomic mass is 10.4. The van der Waals surface area contributed by atoms with Gasteiger partial charge in [-0.05, 0) is 27.7 Å². The van der Waals surface area contributed by atoms with Crippen molar-refractivity contribution in [2.75, 3.05) is 29.9 Å². The first-order valence-electron chi connectivity index (χ1n) is 6.80. The molecule has 1 N–H and O–H groups in total. The molecule has 0 bridgehead atoms. The SMILES string of the molecule is CCNc1nc(OC(C)C(F)(F)F)nc(N(CC)CC)n1. The second kappa shape index (κ2) is 7.28. The molecule has 0 amide bonds. The van der Waals surface area contributed by atoms with Crippen molar-refractivity contribution in [1.29, 1.82) is 0 Å². The minimum absolute atomic E-state index is 0.193. The molecular formula is C12H20F3N5O. The van der Waals surface area contributed by atoms with Crippen LogP contribution in [0.4, 0.5) is 25.1 Å². The van der Waals surface area contributed by atoms with E-state index in [2.05, 4.69) is 20.3 Å². The zero-order valence-corrected chi connectivity index (χ0v) is 12.5. The van der Waals surface area contributed by atoms with E-state index in [1.165, 1.54) is 0 Å². The number of aromatic nitrogens is 3. The number of hydrogen-bond acceptors (Lipinski definition) is 6. The Balaban J connectivity index is 3.07. The molecule has 0 aromatic carbocycles. The van der Waals surface area contributed by atoms with Gasteiger partial charge in [0, 0.05) is 19.6 Å². The minimum atomic E-state index is -4.47. The molecule has 0 fully saturated rings. The molecule has 0 saturated carbocycles. The number of alkyl halides is 3. The van der Waals surface area contributed by atoms with E-state index in [9.17, 15) is 13.2 Å². The monoisotopic (exact) mass is 307 g/mol. The van der Waals surface area contributed by atoms with Crippen LogP contribution in [-0.2, 0) is 0 Å². The van der Waals surface area contributed by atoms with Gasteiger partial charge in [0.25, 0.3) is 0 Å². The van der Waals surface area contributed by atoms with Crippen molar-refractivity contribution in [2.45, 2.75) is 40.0 Å². The quantitative estimate of drug-likeness (QED) is 0.835. The molecule has 6 nitrogen and oxygen atoms in total. The Hall–Kier alpha value is -1.80. The maximum Gasteiger partial charge on any atom is 0.425 e. The van der Waals surface area contributed by atoms with Crippen LogP contribution in [-0.4, -0.2) is 46.9 Å². The Morgan fingerprint density at radius 2 is 1.76 bits per heavy atom. The van der Waals surface area contributed by atoms with Gasteiger partial charge in [0.15, 0.2) is 6.10 Å². The lowest BCUT2D eigenvalue weighted by Crippen LogP contribution is -2.32. The molecule has 1 rings (SSSR count). The van der Waals surface area contributed by atoms with E-state index in [0.717, 1.165) is 6.92 Å². The van der Waals surface area contributed by atoms with Gasteiger partial charge in [0.1, 0.15) is 0 Å². The summed E-state index contributed by atoms with van der Waals surface area (Å²) in [6, 6.07) is -0.340. The highest BCUT2D eigenvalue weighted by Gasteiger charge is 2.38. The maximum absolute atomic E-state index is 12.6. The standard InChI is InChI=1S/C12H20F3N5O/c1-5-16-9-17-10(20(6-2)7-3)19-11(18-9)21-8(4)12(13,14)15/h8H,5-7H2,1-4H3,(H,16,17,18,19). The predicted molar refractivity (Wildman–Crippen MR) is 73.7 cm³/mol. The van der Waals surface area contributed by atoms with Crippen molar-refractivity contribution in [3.63, 3.8) is 0 Å². The molecule has 1 unspecified atom stereocenters. The van der Waals surface area contributed by atoms with Crippen molar-refractivity contribution in [1.82, 2.24) is 15.0 Å². The summed E-state index contributed by atoms with van der Waals surface area (Å²) in [5.41, 5.74) is 0. The smallest absolute Gasteiger partial charge is 0.425 e. The van der Waals surface area contributed by atoms with Gasteiger partial charge in [-0.15, -0.1) is 0 Å². The van der Waals surface area contributed by atoms with E-state index in [1.807, 2.05) is 20.8 Å². The molecule has 1 aromatic rings. The van der Waals surface area contributed by atoms with Crippen LogP contribution in [0.15, 0.2) is 0 Å². The van der Waals surface area contributed by atoms with Crippen LogP contribution >= 0.6 is 0 Å². The van der Waals surface area contributed by atoms with E-state index < -0.39 is 12.3 Å². The number of ether oxygens (including phenoxy) is 1. The summed E-state index contributed by atoms with van der Waals surface area (Å²) < 4.78 is 42.4. The molecule has 1 aromatic heterocycles. The van der Waals surface area contributed by atoms with Crippen LogP contribution in [0.3, 0.4) is 0 Å². The summed E-state index contributed by atoms with van der Waals surface area (Å²) in [6.07, 6.45) is -6.46. The van der Waals surface area contributed by atoms with Gasteiger partial charge in [0.05, 0.1) is 0 Å². The van der Waals surface area contributed by atoms with Gasteiger partial charge in [-0.2, -0.15) is 28.1 Å². The van der Waals surface area contributed by atoms with Crippen LogP contribution in [0.1, 0.15) is 27.7 Å². The third-order valence-corrected chi connectivity index (χ3v) is 2.73. The largest absolute Gasteiger partial charge is 0.451 e. The van der Waals surface area contributed by atoms with Crippen LogP contribution in [0.25, 0.3) is 0 Å². The normalized spacial score (nSPS) is 12.9. The van der Waals surface area contributed by atoms with E-state index in [-0.39, 0.29) is 17.9 Å². The predicted octanol–water partition coefficient (Wildman–Crippen LogP) is 2.48. The van der Waals surface area contributed by atoms with Gasteiger partial charge >= 0.3 is 12.2 Å². The van der Waals surface area contributed by atoms with E-state index in [4.69, 9.17) is 4.74 Å². The molecule has 0 spiro atoms. The molecule has 9 heteroatoms. The average molecular weight is 307 g/mol. The highest BCUT2D eigenvalue weighted by Crippen LogP contribution is 2.24. The van der Waals surface area contributed by atoms with Crippen LogP contribution in [0.5, 0.6) is 6.01 Å². The Kier molecular flexibility index (Phi) is 5.98. The van der Waals surface area contributed by atoms with Crippen molar-refractivity contribution < 1.29 is 17.9 Å². The van der Waals surface area contributed by atoms with Gasteiger partial charge in [0.2, 0.25) is 11.9 Å². The Bertz CT molecular complexity index is 451. The number of halogens is 3. The Morgan fingerprint density at radius 3 is 2.24 bits per heavy atom. The summed E-state index contributed by atoms with van der Waals surface area (Å²) in [6.45, 7) is 8.34. The van der Waals surface area contributed by atoms with E-state index in [1.54, 1.807) is 4.90 Å². The molecular weight excluding hydrogens is 287 g/mol. The summed E-state index contributed by atoms with van der Waals surface area (Å²) in [5.74, 6) is 0.481. The topological polar surface area (TPSA) is 63.2 Å². The molecule has 120 valence electrons. The molecule has 0 aliphatic rings. The van der Waals surface area contributed by atoms with Crippen LogP contribution < -0.4 is 15.0 Å². The Morgan fingerprint density at radius 1 is 1.14 bits per heavy atom. The molecule has 0 aliphatic heterocycles. The lowest BCUT2D eigenvalue weighted by molar-refractivity contribution is -0.190. The third-order valence-electron chi connectivity index (χ3n) is 2.73. The fourth-order valence-corrected chi connectivity index (χ4v) is 1.51. The minimum Gasteiger partial charge on any atom is -0.451 e. The first kappa shape index (κ1) is 17.3. The fourth-order valence-electron chi connectivity index (χ4n) is 1.51. The van der Waals surface area contributed by atoms with E-state index in [0.29, 0.717) is 19.6 Å². The highest BCUT2D eigenvalue weighted by molar-refractivity contribution is 5.38. The molecule has 0 aliphatic carbocycles. The summed E-state index contributed by atoms with van der Waals surface area (Å²) in [7, 11) is 0. The van der Waals surface area contributed by atoms with Crippen molar-refractivity contribution >= 4 is 11.9 Å². The van der Waals surface area contributed by atoms with Crippen molar-refractivity contribution in [2.24, 2.45) is 0 Å².